The Balaban J connectivity index is 1.49. The molecule has 0 spiro atoms. The fraction of sp³-hybridized carbons (Fsp3) is 0.538. The van der Waals surface area contributed by atoms with E-state index in [9.17, 15) is 4.79 Å². The van der Waals surface area contributed by atoms with E-state index in [1.807, 2.05) is 11.0 Å². The zero-order valence-electron chi connectivity index (χ0n) is 19.6. The summed E-state index contributed by atoms with van der Waals surface area (Å²) in [5.74, 6) is 1.51. The van der Waals surface area contributed by atoms with E-state index in [2.05, 4.69) is 46.4 Å². The summed E-state index contributed by atoms with van der Waals surface area (Å²) in [5.41, 5.74) is 4.02. The van der Waals surface area contributed by atoms with E-state index in [0.29, 0.717) is 12.5 Å². The Morgan fingerprint density at radius 3 is 2.88 bits per heavy atom. The van der Waals surface area contributed by atoms with E-state index in [-0.39, 0.29) is 17.9 Å². The monoisotopic (exact) mass is 450 g/mol. The van der Waals surface area contributed by atoms with Gasteiger partial charge in [-0.05, 0) is 55.9 Å². The number of pyridine rings is 1. The maximum Gasteiger partial charge on any atom is 0.230 e. The van der Waals surface area contributed by atoms with E-state index in [1.165, 1.54) is 0 Å². The van der Waals surface area contributed by atoms with Crippen LogP contribution in [0.5, 0.6) is 0 Å². The molecule has 2 fully saturated rings. The van der Waals surface area contributed by atoms with Crippen molar-refractivity contribution in [2.75, 3.05) is 48.5 Å². The first kappa shape index (κ1) is 22.2. The number of hydrogen-bond donors (Lipinski definition) is 1. The Bertz CT molecular complexity index is 989. The van der Waals surface area contributed by atoms with Gasteiger partial charge in [-0.2, -0.15) is 0 Å². The maximum absolute atomic E-state index is 13.9. The van der Waals surface area contributed by atoms with Gasteiger partial charge in [-0.25, -0.2) is 4.98 Å². The van der Waals surface area contributed by atoms with E-state index < -0.39 is 0 Å². The van der Waals surface area contributed by atoms with Gasteiger partial charge >= 0.3 is 0 Å². The van der Waals surface area contributed by atoms with Crippen LogP contribution in [0.2, 0.25) is 0 Å². The van der Waals surface area contributed by atoms with Crippen LogP contribution >= 0.6 is 0 Å². The van der Waals surface area contributed by atoms with Crippen molar-refractivity contribution >= 4 is 28.8 Å². The standard InChI is InChI=1S/C26H34N4O3/c1-18-15-29(12-13-33-17-18)21-7-10-23-24(14-21)30(16-20-4-3-11-27-25(20)28-23)26(31)19-5-8-22(32-2)9-6-19/h3-4,7,10-11,14,18-19,22H,5-6,8-9,12-13,15-17H2,1-2H3,(H,27,28)/t18?,19-,22-. The summed E-state index contributed by atoms with van der Waals surface area (Å²) >= 11 is 0. The van der Waals surface area contributed by atoms with Gasteiger partial charge in [-0.1, -0.05) is 13.0 Å². The molecule has 1 saturated heterocycles. The van der Waals surface area contributed by atoms with Crippen LogP contribution in [-0.2, 0) is 20.8 Å². The number of amides is 1. The van der Waals surface area contributed by atoms with Crippen LogP contribution in [0.4, 0.5) is 22.9 Å². The molecular weight excluding hydrogens is 416 g/mol. The first-order valence-electron chi connectivity index (χ1n) is 12.1. The molecule has 3 aliphatic rings. The van der Waals surface area contributed by atoms with Crippen LogP contribution in [0, 0.1) is 11.8 Å². The summed E-state index contributed by atoms with van der Waals surface area (Å²) in [6.45, 7) is 6.06. The van der Waals surface area contributed by atoms with Gasteiger partial charge < -0.3 is 24.6 Å². The number of anilines is 4. The molecule has 1 aromatic heterocycles. The van der Waals surface area contributed by atoms with E-state index in [0.717, 1.165) is 80.4 Å². The summed E-state index contributed by atoms with van der Waals surface area (Å²) in [6.07, 6.45) is 5.69. The summed E-state index contributed by atoms with van der Waals surface area (Å²) in [4.78, 5) is 22.8. The average Bonchev–Trinajstić information content (AvgIpc) is 3.17. The summed E-state index contributed by atoms with van der Waals surface area (Å²) in [7, 11) is 1.77. The van der Waals surface area contributed by atoms with Gasteiger partial charge in [-0.15, -0.1) is 0 Å². The molecule has 0 bridgehead atoms. The van der Waals surface area contributed by atoms with E-state index >= 15 is 0 Å². The highest BCUT2D eigenvalue weighted by molar-refractivity contribution is 6.00. The number of hydrogen-bond acceptors (Lipinski definition) is 6. The normalized spacial score (nSPS) is 25.3. The molecule has 0 radical (unpaired) electrons. The van der Waals surface area contributed by atoms with Crippen molar-refractivity contribution < 1.29 is 14.3 Å². The number of carbonyl (C=O) groups excluding carboxylic acids is 1. The van der Waals surface area contributed by atoms with Crippen molar-refractivity contribution in [3.05, 3.63) is 42.1 Å². The van der Waals surface area contributed by atoms with Crippen LogP contribution in [0.25, 0.3) is 0 Å². The Kier molecular flexibility index (Phi) is 6.51. The Morgan fingerprint density at radius 2 is 2.06 bits per heavy atom. The minimum Gasteiger partial charge on any atom is -0.381 e. The molecule has 7 heteroatoms. The van der Waals surface area contributed by atoms with Crippen LogP contribution in [0.15, 0.2) is 36.5 Å². The molecule has 1 aliphatic carbocycles. The Morgan fingerprint density at radius 1 is 1.21 bits per heavy atom. The topological polar surface area (TPSA) is 66.9 Å². The predicted molar refractivity (Wildman–Crippen MR) is 130 cm³/mol. The highest BCUT2D eigenvalue weighted by Gasteiger charge is 2.33. The zero-order valence-corrected chi connectivity index (χ0v) is 19.6. The lowest BCUT2D eigenvalue weighted by molar-refractivity contribution is -0.124. The SMILES string of the molecule is CO[C@H]1CC[C@H](C(=O)N2Cc3cccnc3Nc3ccc(N4CCOCC(C)C4)cc32)CC1. The molecule has 33 heavy (non-hydrogen) atoms. The number of rotatable bonds is 3. The van der Waals surface area contributed by atoms with Gasteiger partial charge in [0, 0.05) is 43.6 Å². The van der Waals surface area contributed by atoms with Crippen molar-refractivity contribution in [1.29, 1.82) is 0 Å². The minimum absolute atomic E-state index is 0.0257. The summed E-state index contributed by atoms with van der Waals surface area (Å²) in [5, 5.41) is 3.49. The molecule has 1 atom stereocenters. The number of carbonyl (C=O) groups is 1. The molecule has 5 rings (SSSR count). The zero-order chi connectivity index (χ0) is 22.8. The maximum atomic E-state index is 13.9. The van der Waals surface area contributed by atoms with Gasteiger partial charge in [0.15, 0.2) is 0 Å². The molecule has 3 heterocycles. The molecule has 1 aromatic carbocycles. The van der Waals surface area contributed by atoms with Crippen LogP contribution < -0.4 is 15.1 Å². The lowest BCUT2D eigenvalue weighted by Crippen LogP contribution is -2.38. The molecule has 2 aliphatic heterocycles. The summed E-state index contributed by atoms with van der Waals surface area (Å²) in [6, 6.07) is 10.4. The van der Waals surface area contributed by atoms with Crippen LogP contribution in [-0.4, -0.2) is 50.4 Å². The molecular formula is C26H34N4O3. The number of nitrogens with one attached hydrogen (secondary N) is 1. The number of nitrogens with zero attached hydrogens (tertiary/aromatic N) is 3. The van der Waals surface area contributed by atoms with Crippen LogP contribution in [0.3, 0.4) is 0 Å². The van der Waals surface area contributed by atoms with Crippen molar-refractivity contribution in [2.24, 2.45) is 11.8 Å². The smallest absolute Gasteiger partial charge is 0.230 e. The molecule has 1 amide bonds. The predicted octanol–water partition coefficient (Wildman–Crippen LogP) is 4.35. The molecule has 7 nitrogen and oxygen atoms in total. The second-order valence-electron chi connectivity index (χ2n) is 9.60. The van der Waals surface area contributed by atoms with E-state index in [4.69, 9.17) is 9.47 Å². The highest BCUT2D eigenvalue weighted by atomic mass is 16.5. The second-order valence-corrected chi connectivity index (χ2v) is 9.60. The lowest BCUT2D eigenvalue weighted by atomic mass is 9.86. The van der Waals surface area contributed by atoms with Gasteiger partial charge in [0.25, 0.3) is 0 Å². The van der Waals surface area contributed by atoms with Gasteiger partial charge in [0.2, 0.25) is 5.91 Å². The van der Waals surface area contributed by atoms with Crippen molar-refractivity contribution in [2.45, 2.75) is 45.3 Å². The Labute approximate surface area is 196 Å². The first-order chi connectivity index (χ1) is 16.1. The third kappa shape index (κ3) is 4.70. The second kappa shape index (κ2) is 9.69. The summed E-state index contributed by atoms with van der Waals surface area (Å²) < 4.78 is 11.3. The molecule has 1 N–H and O–H groups in total. The van der Waals surface area contributed by atoms with Gasteiger partial charge in [0.1, 0.15) is 5.82 Å². The average molecular weight is 451 g/mol. The number of ether oxygens (including phenoxy) is 2. The lowest BCUT2D eigenvalue weighted by Gasteiger charge is -2.32. The largest absolute Gasteiger partial charge is 0.381 e. The molecule has 2 aromatic rings. The fourth-order valence-corrected chi connectivity index (χ4v) is 5.28. The van der Waals surface area contributed by atoms with Crippen molar-refractivity contribution in [3.63, 3.8) is 0 Å². The third-order valence-electron chi connectivity index (χ3n) is 7.17. The number of aromatic nitrogens is 1. The number of methoxy groups -OCH3 is 1. The Hall–Kier alpha value is -2.64. The van der Waals surface area contributed by atoms with Gasteiger partial charge in [0.05, 0.1) is 37.2 Å². The molecule has 1 saturated carbocycles. The quantitative estimate of drug-likeness (QED) is 0.750. The van der Waals surface area contributed by atoms with E-state index in [1.54, 1.807) is 13.3 Å². The third-order valence-corrected chi connectivity index (χ3v) is 7.17. The number of benzene rings is 1. The number of fused-ring (bicyclic) bond motifs is 2. The van der Waals surface area contributed by atoms with Gasteiger partial charge in [-0.3, -0.25) is 4.79 Å². The van der Waals surface area contributed by atoms with Crippen LogP contribution in [0.1, 0.15) is 38.2 Å². The first-order valence-corrected chi connectivity index (χ1v) is 12.1. The van der Waals surface area contributed by atoms with Crippen molar-refractivity contribution in [1.82, 2.24) is 4.98 Å². The highest BCUT2D eigenvalue weighted by Crippen LogP contribution is 2.40. The fourth-order valence-electron chi connectivity index (χ4n) is 5.28. The molecule has 176 valence electrons. The molecule has 1 unspecified atom stereocenters. The minimum atomic E-state index is 0.0257. The van der Waals surface area contributed by atoms with Crippen molar-refractivity contribution in [3.8, 4) is 0 Å².